The lowest BCUT2D eigenvalue weighted by molar-refractivity contribution is -0.141. The van der Waals surface area contributed by atoms with Gasteiger partial charge in [0.25, 0.3) is 0 Å². The molecular formula is C21H25NO5. The molecular weight excluding hydrogens is 346 g/mol. The third-order valence-corrected chi connectivity index (χ3v) is 4.62. The highest BCUT2D eigenvalue weighted by Crippen LogP contribution is 2.31. The monoisotopic (exact) mass is 371 g/mol. The first-order valence-electron chi connectivity index (χ1n) is 9.12. The smallest absolute Gasteiger partial charge is 0.310 e. The molecule has 0 bridgehead atoms. The van der Waals surface area contributed by atoms with E-state index in [-0.39, 0.29) is 24.9 Å². The average Bonchev–Trinajstić information content (AvgIpc) is 2.94. The molecule has 0 saturated carbocycles. The van der Waals surface area contributed by atoms with Crippen LogP contribution in [-0.4, -0.2) is 36.1 Å². The molecule has 1 aromatic heterocycles. The second kappa shape index (κ2) is 7.86. The van der Waals surface area contributed by atoms with Gasteiger partial charge in [-0.15, -0.1) is 0 Å². The van der Waals surface area contributed by atoms with Crippen LogP contribution < -0.4 is 9.47 Å². The summed E-state index contributed by atoms with van der Waals surface area (Å²) in [6.45, 7) is 8.78. The first-order chi connectivity index (χ1) is 12.9. The van der Waals surface area contributed by atoms with E-state index in [4.69, 9.17) is 14.2 Å². The lowest BCUT2D eigenvalue weighted by Crippen LogP contribution is -2.17. The van der Waals surface area contributed by atoms with Gasteiger partial charge in [-0.05, 0) is 51.5 Å². The topological polar surface area (TPSA) is 66.8 Å². The number of hydrogen-bond donors (Lipinski definition) is 0. The van der Waals surface area contributed by atoms with Crippen molar-refractivity contribution in [2.24, 2.45) is 0 Å². The first kappa shape index (κ1) is 19.0. The van der Waals surface area contributed by atoms with Crippen LogP contribution in [0.25, 0.3) is 0 Å². The summed E-state index contributed by atoms with van der Waals surface area (Å²) in [5.41, 5.74) is 3.28. The Morgan fingerprint density at radius 2 is 1.81 bits per heavy atom. The largest absolute Gasteiger partial charge is 0.486 e. The highest BCUT2D eigenvalue weighted by molar-refractivity contribution is 5.99. The van der Waals surface area contributed by atoms with E-state index < -0.39 is 5.97 Å². The Labute approximate surface area is 159 Å². The van der Waals surface area contributed by atoms with Crippen LogP contribution in [-0.2, 0) is 16.0 Å². The Balaban J connectivity index is 1.59. The molecule has 6 nitrogen and oxygen atoms in total. The molecule has 1 aliphatic rings. The average molecular weight is 371 g/mol. The molecule has 6 heteroatoms. The van der Waals surface area contributed by atoms with Gasteiger partial charge in [0.1, 0.15) is 13.2 Å². The number of ketones is 1. The van der Waals surface area contributed by atoms with E-state index in [1.165, 1.54) is 0 Å². The van der Waals surface area contributed by atoms with Crippen LogP contribution in [0.3, 0.4) is 0 Å². The lowest BCUT2D eigenvalue weighted by atomic mass is 10.1. The summed E-state index contributed by atoms with van der Waals surface area (Å²) in [5.74, 6) is 0.668. The SMILES string of the molecule is Cc1cc(C(=O)COC(=O)Cc2ccc3c(c2)OCCO3)c(C)n1C(C)C. The number of benzene rings is 1. The normalized spacial score (nSPS) is 12.9. The third kappa shape index (κ3) is 4.15. The molecule has 27 heavy (non-hydrogen) atoms. The van der Waals surface area contributed by atoms with Crippen LogP contribution in [0.2, 0.25) is 0 Å². The minimum Gasteiger partial charge on any atom is -0.486 e. The van der Waals surface area contributed by atoms with E-state index in [0.717, 1.165) is 17.0 Å². The number of carbonyl (C=O) groups excluding carboxylic acids is 2. The number of aromatic nitrogens is 1. The molecule has 0 atom stereocenters. The molecule has 0 radical (unpaired) electrons. The van der Waals surface area contributed by atoms with E-state index in [0.29, 0.717) is 30.3 Å². The second-order valence-corrected chi connectivity index (χ2v) is 6.99. The summed E-state index contributed by atoms with van der Waals surface area (Å²) >= 11 is 0. The van der Waals surface area contributed by atoms with Crippen LogP contribution >= 0.6 is 0 Å². The Bertz CT molecular complexity index is 866. The number of fused-ring (bicyclic) bond motifs is 1. The number of hydrogen-bond acceptors (Lipinski definition) is 5. The maximum atomic E-state index is 12.5. The first-order valence-corrected chi connectivity index (χ1v) is 9.12. The van der Waals surface area contributed by atoms with Gasteiger partial charge >= 0.3 is 5.97 Å². The van der Waals surface area contributed by atoms with Crippen molar-refractivity contribution in [3.63, 3.8) is 0 Å². The fraction of sp³-hybridized carbons (Fsp3) is 0.429. The zero-order valence-corrected chi connectivity index (χ0v) is 16.2. The van der Waals surface area contributed by atoms with Crippen LogP contribution in [0.15, 0.2) is 24.3 Å². The van der Waals surface area contributed by atoms with E-state index in [1.807, 2.05) is 19.9 Å². The van der Waals surface area contributed by atoms with Crippen molar-refractivity contribution in [3.8, 4) is 11.5 Å². The Morgan fingerprint density at radius 1 is 1.11 bits per heavy atom. The Hall–Kier alpha value is -2.76. The minimum absolute atomic E-state index is 0.0783. The Morgan fingerprint density at radius 3 is 2.48 bits per heavy atom. The molecule has 0 amide bonds. The molecule has 0 fully saturated rings. The molecule has 1 aliphatic heterocycles. The lowest BCUT2D eigenvalue weighted by Gasteiger charge is -2.18. The number of carbonyl (C=O) groups is 2. The van der Waals surface area contributed by atoms with Crippen molar-refractivity contribution in [2.75, 3.05) is 19.8 Å². The summed E-state index contributed by atoms with van der Waals surface area (Å²) < 4.78 is 18.3. The van der Waals surface area contributed by atoms with Gasteiger partial charge in [0.2, 0.25) is 5.78 Å². The van der Waals surface area contributed by atoms with Crippen molar-refractivity contribution in [1.82, 2.24) is 4.57 Å². The van der Waals surface area contributed by atoms with Gasteiger partial charge in [-0.2, -0.15) is 0 Å². The standard InChI is InChI=1S/C21H25NO5/c1-13(2)22-14(3)9-17(15(22)4)18(23)12-27-21(24)11-16-5-6-19-20(10-16)26-8-7-25-19/h5-6,9-10,13H,7-8,11-12H2,1-4H3. The zero-order chi connectivity index (χ0) is 19.6. The summed E-state index contributed by atoms with van der Waals surface area (Å²) in [6.07, 6.45) is 0.0783. The number of aryl methyl sites for hydroxylation is 1. The predicted molar refractivity (Wildman–Crippen MR) is 101 cm³/mol. The summed E-state index contributed by atoms with van der Waals surface area (Å²) in [6, 6.07) is 7.47. The van der Waals surface area contributed by atoms with Gasteiger partial charge < -0.3 is 18.8 Å². The molecule has 0 spiro atoms. The molecule has 0 saturated heterocycles. The van der Waals surface area contributed by atoms with Crippen LogP contribution in [0, 0.1) is 13.8 Å². The predicted octanol–water partition coefficient (Wildman–Crippen LogP) is 3.43. The molecule has 0 unspecified atom stereocenters. The van der Waals surface area contributed by atoms with E-state index in [1.54, 1.807) is 18.2 Å². The van der Waals surface area contributed by atoms with Gasteiger partial charge in [-0.25, -0.2) is 0 Å². The van der Waals surface area contributed by atoms with Gasteiger partial charge in [-0.3, -0.25) is 9.59 Å². The molecule has 0 aliphatic carbocycles. The maximum absolute atomic E-state index is 12.5. The molecule has 3 rings (SSSR count). The minimum atomic E-state index is -0.447. The van der Waals surface area contributed by atoms with E-state index in [9.17, 15) is 9.59 Å². The fourth-order valence-corrected chi connectivity index (χ4v) is 3.49. The van der Waals surface area contributed by atoms with Crippen LogP contribution in [0.1, 0.15) is 47.2 Å². The number of ether oxygens (including phenoxy) is 3. The molecule has 1 aromatic carbocycles. The van der Waals surface area contributed by atoms with E-state index >= 15 is 0 Å². The summed E-state index contributed by atoms with van der Waals surface area (Å²) in [7, 11) is 0. The highest BCUT2D eigenvalue weighted by atomic mass is 16.6. The quantitative estimate of drug-likeness (QED) is 0.575. The molecule has 2 aromatic rings. The van der Waals surface area contributed by atoms with E-state index in [2.05, 4.69) is 18.4 Å². The fourth-order valence-electron chi connectivity index (χ4n) is 3.49. The van der Waals surface area contributed by atoms with Crippen molar-refractivity contribution in [1.29, 1.82) is 0 Å². The van der Waals surface area contributed by atoms with Crippen LogP contribution in [0.4, 0.5) is 0 Å². The Kier molecular flexibility index (Phi) is 5.54. The van der Waals surface area contributed by atoms with Gasteiger partial charge in [0, 0.05) is 23.0 Å². The van der Waals surface area contributed by atoms with Crippen molar-refractivity contribution >= 4 is 11.8 Å². The summed E-state index contributed by atoms with van der Waals surface area (Å²) in [5, 5.41) is 0. The zero-order valence-electron chi connectivity index (χ0n) is 16.2. The maximum Gasteiger partial charge on any atom is 0.310 e. The van der Waals surface area contributed by atoms with Crippen molar-refractivity contribution < 1.29 is 23.8 Å². The number of esters is 1. The number of rotatable bonds is 6. The number of nitrogens with zero attached hydrogens (tertiary/aromatic N) is 1. The second-order valence-electron chi connectivity index (χ2n) is 6.99. The van der Waals surface area contributed by atoms with Gasteiger partial charge in [0.05, 0.1) is 6.42 Å². The van der Waals surface area contributed by atoms with Gasteiger partial charge in [0.15, 0.2) is 18.1 Å². The number of Topliss-reactive ketones (excluding diaryl/α,β-unsaturated/α-hetero) is 1. The van der Waals surface area contributed by atoms with Crippen molar-refractivity contribution in [3.05, 3.63) is 46.8 Å². The van der Waals surface area contributed by atoms with Crippen molar-refractivity contribution in [2.45, 2.75) is 40.2 Å². The highest BCUT2D eigenvalue weighted by Gasteiger charge is 2.19. The molecule has 2 heterocycles. The molecule has 0 N–H and O–H groups in total. The van der Waals surface area contributed by atoms with Gasteiger partial charge in [-0.1, -0.05) is 6.07 Å². The third-order valence-electron chi connectivity index (χ3n) is 4.62. The van der Waals surface area contributed by atoms with Crippen LogP contribution in [0.5, 0.6) is 11.5 Å². The molecule has 144 valence electrons. The summed E-state index contributed by atoms with van der Waals surface area (Å²) in [4.78, 5) is 24.6.